The van der Waals surface area contributed by atoms with Crippen molar-refractivity contribution in [2.75, 3.05) is 26.2 Å². The number of esters is 3. The molecule has 0 spiro atoms. The Balaban J connectivity index is 2.15. The van der Waals surface area contributed by atoms with Crippen molar-refractivity contribution in [2.24, 2.45) is 0 Å². The van der Waals surface area contributed by atoms with Crippen molar-refractivity contribution < 1.29 is 41.8 Å². The average Bonchev–Trinajstić information content (AvgIpc) is 2.86. The van der Waals surface area contributed by atoms with Crippen molar-refractivity contribution in [2.45, 2.75) is 12.1 Å². The van der Waals surface area contributed by atoms with E-state index >= 15 is 0 Å². The molecule has 0 amide bonds. The van der Waals surface area contributed by atoms with Crippen LogP contribution in [0.2, 0.25) is 0 Å². The van der Waals surface area contributed by atoms with Gasteiger partial charge in [0.1, 0.15) is 0 Å². The number of nitrogens with zero attached hydrogens (tertiary/aromatic N) is 1. The highest BCUT2D eigenvalue weighted by Gasteiger charge is 2.37. The molecule has 1 aliphatic rings. The minimum absolute atomic E-state index is 0.0591. The molecule has 0 bridgehead atoms. The summed E-state index contributed by atoms with van der Waals surface area (Å²) in [5.41, 5.74) is -0.302. The second kappa shape index (κ2) is 9.82. The first-order valence-electron chi connectivity index (χ1n) is 9.84. The van der Waals surface area contributed by atoms with Crippen LogP contribution < -0.4 is 4.90 Å². The molecule has 0 aliphatic carbocycles. The zero-order valence-corrected chi connectivity index (χ0v) is 18.4. The number of hydrogen-bond acceptors (Lipinski definition) is 7. The molecule has 0 atom stereocenters. The lowest BCUT2D eigenvalue weighted by Gasteiger charge is -2.30. The van der Waals surface area contributed by atoms with Crippen LogP contribution in [0.1, 0.15) is 27.4 Å². The number of halogens is 3. The van der Waals surface area contributed by atoms with Gasteiger partial charge in [-0.3, -0.25) is 0 Å². The molecular formula is C24H20F3NO6. The predicted octanol–water partition coefficient (Wildman–Crippen LogP) is 4.21. The third-order valence-electron chi connectivity index (χ3n) is 5.15. The van der Waals surface area contributed by atoms with Crippen LogP contribution in [0.4, 0.5) is 18.9 Å². The largest absolute Gasteiger partial charge is 0.466 e. The van der Waals surface area contributed by atoms with Crippen LogP contribution in [0.3, 0.4) is 0 Å². The lowest BCUT2D eigenvalue weighted by Crippen LogP contribution is -2.29. The number of alkyl halides is 3. The van der Waals surface area contributed by atoms with E-state index in [1.54, 1.807) is 12.1 Å². The van der Waals surface area contributed by atoms with Crippen molar-refractivity contribution in [1.29, 1.82) is 0 Å². The van der Waals surface area contributed by atoms with Gasteiger partial charge in [0, 0.05) is 18.1 Å². The highest BCUT2D eigenvalue weighted by atomic mass is 19.4. The van der Waals surface area contributed by atoms with Gasteiger partial charge in [-0.2, -0.15) is 13.2 Å². The summed E-state index contributed by atoms with van der Waals surface area (Å²) < 4.78 is 54.3. The third kappa shape index (κ3) is 4.95. The Morgan fingerprint density at radius 3 is 1.79 bits per heavy atom. The van der Waals surface area contributed by atoms with Gasteiger partial charge in [0.15, 0.2) is 0 Å². The summed E-state index contributed by atoms with van der Waals surface area (Å²) in [7, 11) is 3.49. The van der Waals surface area contributed by atoms with Crippen molar-refractivity contribution in [3.05, 3.63) is 88.8 Å². The lowest BCUT2D eigenvalue weighted by molar-refractivity contribution is -0.138. The van der Waals surface area contributed by atoms with Crippen LogP contribution in [0.25, 0.3) is 0 Å². The normalized spacial score (nSPS) is 14.1. The average molecular weight is 475 g/mol. The van der Waals surface area contributed by atoms with Gasteiger partial charge in [0.25, 0.3) is 0 Å². The standard InChI is InChI=1S/C24H20F3NO6/c1-32-21(29)14-7-9-17(10-8-14)28-12-18(22(30)33-2)20(19(13-28)23(31)34-3)15-5-4-6-16(11-15)24(25,26)27/h4-13,20H,1-3H3. The maximum atomic E-state index is 13.3. The summed E-state index contributed by atoms with van der Waals surface area (Å²) >= 11 is 0. The smallest absolute Gasteiger partial charge is 0.416 e. The van der Waals surface area contributed by atoms with Crippen molar-refractivity contribution >= 4 is 23.6 Å². The lowest BCUT2D eigenvalue weighted by atomic mass is 9.82. The molecule has 0 saturated carbocycles. The van der Waals surface area contributed by atoms with Crippen LogP contribution in [-0.2, 0) is 30.0 Å². The molecular weight excluding hydrogens is 455 g/mol. The molecule has 2 aromatic rings. The van der Waals surface area contributed by atoms with Crippen LogP contribution in [-0.4, -0.2) is 39.2 Å². The zero-order chi connectivity index (χ0) is 25.0. The van der Waals surface area contributed by atoms with Crippen LogP contribution in [0.5, 0.6) is 0 Å². The van der Waals surface area contributed by atoms with E-state index in [0.29, 0.717) is 5.69 Å². The quantitative estimate of drug-likeness (QED) is 0.473. The summed E-state index contributed by atoms with van der Waals surface area (Å²) in [6, 6.07) is 10.4. The molecule has 0 unspecified atom stereocenters. The zero-order valence-electron chi connectivity index (χ0n) is 18.4. The molecule has 0 fully saturated rings. The van der Waals surface area contributed by atoms with Gasteiger partial charge >= 0.3 is 24.1 Å². The van der Waals surface area contributed by atoms with E-state index in [4.69, 9.17) is 9.47 Å². The van der Waals surface area contributed by atoms with Gasteiger partial charge in [-0.25, -0.2) is 14.4 Å². The molecule has 178 valence electrons. The fraction of sp³-hybridized carbons (Fsp3) is 0.208. The van der Waals surface area contributed by atoms with Crippen LogP contribution in [0, 0.1) is 0 Å². The maximum Gasteiger partial charge on any atom is 0.416 e. The van der Waals surface area contributed by atoms with Gasteiger partial charge in [0.2, 0.25) is 0 Å². The number of methoxy groups -OCH3 is 3. The SMILES string of the molecule is COC(=O)C1=CN(c2ccc(C(=O)OC)cc2)C=C(C(=O)OC)C1c1cccc(C(F)(F)F)c1. The highest BCUT2D eigenvalue weighted by Crippen LogP contribution is 2.40. The van der Waals surface area contributed by atoms with Gasteiger partial charge in [0.05, 0.1) is 49.5 Å². The molecule has 34 heavy (non-hydrogen) atoms. The van der Waals surface area contributed by atoms with Crippen LogP contribution in [0.15, 0.2) is 72.1 Å². The first kappa shape index (κ1) is 24.6. The van der Waals surface area contributed by atoms with Gasteiger partial charge in [-0.15, -0.1) is 0 Å². The maximum absolute atomic E-state index is 13.3. The monoisotopic (exact) mass is 475 g/mol. The number of carbonyl (C=O) groups is 3. The Morgan fingerprint density at radius 2 is 1.32 bits per heavy atom. The number of anilines is 1. The van der Waals surface area contributed by atoms with E-state index < -0.39 is 35.6 Å². The fourth-order valence-electron chi connectivity index (χ4n) is 3.52. The summed E-state index contributed by atoms with van der Waals surface area (Å²) in [6.45, 7) is 0. The molecule has 10 heteroatoms. The van der Waals surface area contributed by atoms with E-state index in [1.165, 1.54) is 48.7 Å². The van der Waals surface area contributed by atoms with Gasteiger partial charge < -0.3 is 19.1 Å². The molecule has 1 heterocycles. The summed E-state index contributed by atoms with van der Waals surface area (Å²) in [5.74, 6) is -3.40. The minimum atomic E-state index is -4.62. The number of ether oxygens (including phenoxy) is 3. The second-order valence-electron chi connectivity index (χ2n) is 7.15. The third-order valence-corrected chi connectivity index (χ3v) is 5.15. The predicted molar refractivity (Wildman–Crippen MR) is 115 cm³/mol. The van der Waals surface area contributed by atoms with Crippen LogP contribution >= 0.6 is 0 Å². The Morgan fingerprint density at radius 1 is 0.794 bits per heavy atom. The summed E-state index contributed by atoms with van der Waals surface area (Å²) in [5, 5.41) is 0. The van der Waals surface area contributed by atoms with E-state index in [9.17, 15) is 27.6 Å². The van der Waals surface area contributed by atoms with Crippen molar-refractivity contribution in [1.82, 2.24) is 0 Å². The van der Waals surface area contributed by atoms with Crippen molar-refractivity contribution in [3.8, 4) is 0 Å². The number of hydrogen-bond donors (Lipinski definition) is 0. The second-order valence-corrected chi connectivity index (χ2v) is 7.15. The van der Waals surface area contributed by atoms with E-state index in [-0.39, 0.29) is 22.3 Å². The fourth-order valence-corrected chi connectivity index (χ4v) is 3.52. The number of carbonyl (C=O) groups excluding carboxylic acids is 3. The first-order chi connectivity index (χ1) is 16.1. The molecule has 7 nitrogen and oxygen atoms in total. The molecule has 0 N–H and O–H groups in total. The first-order valence-corrected chi connectivity index (χ1v) is 9.84. The summed E-state index contributed by atoms with van der Waals surface area (Å²) in [4.78, 5) is 38.5. The van der Waals surface area contributed by atoms with Crippen molar-refractivity contribution in [3.63, 3.8) is 0 Å². The van der Waals surface area contributed by atoms with Gasteiger partial charge in [-0.05, 0) is 35.9 Å². The van der Waals surface area contributed by atoms with E-state index in [1.807, 2.05) is 0 Å². The molecule has 0 saturated heterocycles. The molecule has 0 aromatic heterocycles. The van der Waals surface area contributed by atoms with E-state index in [2.05, 4.69) is 4.74 Å². The topological polar surface area (TPSA) is 82.1 Å². The Kier molecular flexibility index (Phi) is 7.09. The highest BCUT2D eigenvalue weighted by molar-refractivity contribution is 6.00. The molecule has 3 rings (SSSR count). The Hall–Kier alpha value is -4.08. The number of benzene rings is 2. The summed E-state index contributed by atoms with van der Waals surface area (Å²) in [6.07, 6.45) is -1.91. The number of rotatable bonds is 5. The van der Waals surface area contributed by atoms with Gasteiger partial charge in [-0.1, -0.05) is 18.2 Å². The molecule has 2 aromatic carbocycles. The Bertz CT molecular complexity index is 1130. The Labute approximate surface area is 193 Å². The van der Waals surface area contributed by atoms with E-state index in [0.717, 1.165) is 26.4 Å². The molecule has 1 aliphatic heterocycles. The molecule has 0 radical (unpaired) electrons. The minimum Gasteiger partial charge on any atom is -0.466 e.